The van der Waals surface area contributed by atoms with Crippen molar-refractivity contribution in [3.05, 3.63) is 23.8 Å². The smallest absolute Gasteiger partial charge is 0.355 e. The molecule has 5 heteroatoms. The zero-order valence-corrected chi connectivity index (χ0v) is 12.9. The van der Waals surface area contributed by atoms with Crippen LogP contribution < -0.4 is 0 Å². The van der Waals surface area contributed by atoms with E-state index in [4.69, 9.17) is 4.74 Å². The van der Waals surface area contributed by atoms with Crippen LogP contribution in [-0.2, 0) is 11.8 Å². The summed E-state index contributed by atoms with van der Waals surface area (Å²) in [6.07, 6.45) is 1.54. The fraction of sp³-hybridized carbons (Fsp3) is 0.533. The van der Waals surface area contributed by atoms with E-state index in [0.717, 1.165) is 16.7 Å². The van der Waals surface area contributed by atoms with Crippen LogP contribution in [0.4, 0.5) is 0 Å². The van der Waals surface area contributed by atoms with E-state index in [1.807, 2.05) is 33.9 Å². The summed E-state index contributed by atoms with van der Waals surface area (Å²) in [6, 6.07) is 1.82. The average Bonchev–Trinajstić information content (AvgIpc) is 2.64. The predicted octanol–water partition coefficient (Wildman–Crippen LogP) is 3.05. The summed E-state index contributed by atoms with van der Waals surface area (Å²) in [5.74, 6) is -0.0675. The minimum Gasteiger partial charge on any atom is -0.455 e. The normalized spacial score (nSPS) is 12.2. The molecule has 2 aromatic rings. The number of nitrogens with zero attached hydrogens (tertiary/aromatic N) is 3. The Labute approximate surface area is 119 Å². The first-order chi connectivity index (χ1) is 9.20. The number of rotatable bonds is 2. The lowest BCUT2D eigenvalue weighted by atomic mass is 10.1. The van der Waals surface area contributed by atoms with E-state index in [0.29, 0.717) is 5.69 Å². The molecule has 0 unspecified atom stereocenters. The Morgan fingerprint density at radius 3 is 2.50 bits per heavy atom. The summed E-state index contributed by atoms with van der Waals surface area (Å²) in [4.78, 5) is 20.8. The SMILES string of the molecule is CC(C)c1ncnc2c1cc(C(=O)OC(C)(C)C)n2C. The Balaban J connectivity index is 2.54. The van der Waals surface area contributed by atoms with Gasteiger partial charge >= 0.3 is 5.97 Å². The molecule has 0 amide bonds. The number of hydrogen-bond donors (Lipinski definition) is 0. The van der Waals surface area contributed by atoms with E-state index in [9.17, 15) is 4.79 Å². The highest BCUT2D eigenvalue weighted by Gasteiger charge is 2.23. The van der Waals surface area contributed by atoms with Gasteiger partial charge in [0.05, 0.1) is 5.69 Å². The number of aromatic nitrogens is 3. The number of carbonyl (C=O) groups is 1. The van der Waals surface area contributed by atoms with E-state index in [2.05, 4.69) is 23.8 Å². The highest BCUT2D eigenvalue weighted by molar-refractivity contribution is 5.95. The summed E-state index contributed by atoms with van der Waals surface area (Å²) >= 11 is 0. The standard InChI is InChI=1S/C15H21N3O2/c1-9(2)12-10-7-11(14(19)20-15(3,4)5)18(6)13(10)17-8-16-12/h7-9H,1-6H3. The molecule has 0 aromatic carbocycles. The third-order valence-corrected chi connectivity index (χ3v) is 3.01. The quantitative estimate of drug-likeness (QED) is 0.790. The van der Waals surface area contributed by atoms with Crippen molar-refractivity contribution in [3.8, 4) is 0 Å². The fourth-order valence-electron chi connectivity index (χ4n) is 2.14. The van der Waals surface area contributed by atoms with Gasteiger partial charge in [0, 0.05) is 12.4 Å². The van der Waals surface area contributed by atoms with Crippen LogP contribution in [0.1, 0.15) is 56.7 Å². The molecule has 0 aliphatic heterocycles. The molecule has 20 heavy (non-hydrogen) atoms. The van der Waals surface area contributed by atoms with Crippen LogP contribution in [0.2, 0.25) is 0 Å². The van der Waals surface area contributed by atoms with E-state index < -0.39 is 5.60 Å². The molecule has 2 aromatic heterocycles. The van der Waals surface area contributed by atoms with Crippen molar-refractivity contribution in [1.29, 1.82) is 0 Å². The van der Waals surface area contributed by atoms with Gasteiger partial charge in [0.25, 0.3) is 0 Å². The lowest BCUT2D eigenvalue weighted by Crippen LogP contribution is -2.25. The van der Waals surface area contributed by atoms with E-state index in [-0.39, 0.29) is 11.9 Å². The number of aryl methyl sites for hydroxylation is 1. The number of ether oxygens (including phenoxy) is 1. The van der Waals surface area contributed by atoms with Crippen LogP contribution >= 0.6 is 0 Å². The van der Waals surface area contributed by atoms with Gasteiger partial charge in [-0.15, -0.1) is 0 Å². The molecule has 0 atom stereocenters. The third-order valence-electron chi connectivity index (χ3n) is 3.01. The minimum atomic E-state index is -0.514. The Kier molecular flexibility index (Phi) is 3.54. The van der Waals surface area contributed by atoms with E-state index in [1.54, 1.807) is 4.57 Å². The third kappa shape index (κ3) is 2.66. The summed E-state index contributed by atoms with van der Waals surface area (Å²) in [5, 5.41) is 0.908. The van der Waals surface area contributed by atoms with Crippen molar-refractivity contribution in [2.24, 2.45) is 7.05 Å². The maximum absolute atomic E-state index is 12.2. The second-order valence-corrected chi connectivity index (χ2v) is 6.24. The zero-order valence-electron chi connectivity index (χ0n) is 12.9. The van der Waals surface area contributed by atoms with Crippen LogP contribution in [0.15, 0.2) is 12.4 Å². The number of esters is 1. The van der Waals surface area contributed by atoms with Crippen molar-refractivity contribution in [2.75, 3.05) is 0 Å². The van der Waals surface area contributed by atoms with Gasteiger partial charge in [-0.2, -0.15) is 0 Å². The molecule has 108 valence electrons. The summed E-state index contributed by atoms with van der Waals surface area (Å²) in [5.41, 5.74) is 1.68. The Morgan fingerprint density at radius 1 is 1.30 bits per heavy atom. The molecular weight excluding hydrogens is 254 g/mol. The van der Waals surface area contributed by atoms with Gasteiger partial charge in [0.2, 0.25) is 0 Å². The molecule has 0 saturated carbocycles. The maximum Gasteiger partial charge on any atom is 0.355 e. The first-order valence-electron chi connectivity index (χ1n) is 6.74. The molecule has 0 saturated heterocycles. The van der Waals surface area contributed by atoms with Crippen LogP contribution in [0.3, 0.4) is 0 Å². The van der Waals surface area contributed by atoms with E-state index in [1.165, 1.54) is 6.33 Å². The summed E-state index contributed by atoms with van der Waals surface area (Å²) in [7, 11) is 1.82. The van der Waals surface area contributed by atoms with Crippen molar-refractivity contribution in [3.63, 3.8) is 0 Å². The van der Waals surface area contributed by atoms with Gasteiger partial charge in [-0.1, -0.05) is 13.8 Å². The highest BCUT2D eigenvalue weighted by atomic mass is 16.6. The molecular formula is C15H21N3O2. The monoisotopic (exact) mass is 275 g/mol. The molecule has 0 aliphatic rings. The van der Waals surface area contributed by atoms with Gasteiger partial charge in [-0.25, -0.2) is 14.8 Å². The second kappa shape index (κ2) is 4.89. The van der Waals surface area contributed by atoms with Crippen molar-refractivity contribution in [2.45, 2.75) is 46.1 Å². The van der Waals surface area contributed by atoms with Gasteiger partial charge < -0.3 is 9.30 Å². The van der Waals surface area contributed by atoms with Crippen molar-refractivity contribution in [1.82, 2.24) is 14.5 Å². The molecule has 2 heterocycles. The predicted molar refractivity (Wildman–Crippen MR) is 77.8 cm³/mol. The number of carbonyl (C=O) groups excluding carboxylic acids is 1. The van der Waals surface area contributed by atoms with Crippen LogP contribution in [0, 0.1) is 0 Å². The van der Waals surface area contributed by atoms with Crippen molar-refractivity contribution < 1.29 is 9.53 Å². The topological polar surface area (TPSA) is 57.0 Å². The number of fused-ring (bicyclic) bond motifs is 1. The van der Waals surface area contributed by atoms with Crippen LogP contribution in [-0.4, -0.2) is 26.1 Å². The lowest BCUT2D eigenvalue weighted by molar-refractivity contribution is 0.00594. The fourth-order valence-corrected chi connectivity index (χ4v) is 2.14. The molecule has 0 bridgehead atoms. The first-order valence-corrected chi connectivity index (χ1v) is 6.74. The van der Waals surface area contributed by atoms with Gasteiger partial charge in [0.1, 0.15) is 23.3 Å². The second-order valence-electron chi connectivity index (χ2n) is 6.24. The maximum atomic E-state index is 12.2. The first kappa shape index (κ1) is 14.5. The Hall–Kier alpha value is -1.91. The zero-order chi connectivity index (χ0) is 15.1. The van der Waals surface area contributed by atoms with Gasteiger partial charge in [0.15, 0.2) is 0 Å². The lowest BCUT2D eigenvalue weighted by Gasteiger charge is -2.19. The molecule has 5 nitrogen and oxygen atoms in total. The summed E-state index contributed by atoms with van der Waals surface area (Å²) < 4.78 is 7.19. The largest absolute Gasteiger partial charge is 0.455 e. The molecule has 0 spiro atoms. The number of hydrogen-bond acceptors (Lipinski definition) is 4. The molecule has 2 rings (SSSR count). The average molecular weight is 275 g/mol. The van der Waals surface area contributed by atoms with Crippen molar-refractivity contribution >= 4 is 17.0 Å². The molecule has 0 radical (unpaired) electrons. The molecule has 0 N–H and O–H groups in total. The summed E-state index contributed by atoms with van der Waals surface area (Å²) in [6.45, 7) is 9.70. The molecule has 0 aliphatic carbocycles. The van der Waals surface area contributed by atoms with E-state index >= 15 is 0 Å². The van der Waals surface area contributed by atoms with Crippen LogP contribution in [0.5, 0.6) is 0 Å². The minimum absolute atomic E-state index is 0.273. The van der Waals surface area contributed by atoms with Gasteiger partial charge in [-0.3, -0.25) is 0 Å². The van der Waals surface area contributed by atoms with Crippen LogP contribution in [0.25, 0.3) is 11.0 Å². The Bertz CT molecular complexity index is 651. The van der Waals surface area contributed by atoms with Gasteiger partial charge in [-0.05, 0) is 32.8 Å². The Morgan fingerprint density at radius 2 is 1.95 bits per heavy atom. The highest BCUT2D eigenvalue weighted by Crippen LogP contribution is 2.25. The molecule has 0 fully saturated rings.